The smallest absolute Gasteiger partial charge is 0.256 e. The molecule has 0 fully saturated rings. The monoisotopic (exact) mass is 434 g/mol. The fraction of sp³-hybridized carbons (Fsp3) is 0.0833. The van der Waals surface area contributed by atoms with E-state index in [0.717, 1.165) is 11.3 Å². The number of halogens is 1. The van der Waals surface area contributed by atoms with E-state index in [9.17, 15) is 4.79 Å². The Bertz CT molecular complexity index is 1220. The number of carbonyl (C=O) groups excluding carboxylic acids is 1. The lowest BCUT2D eigenvalue weighted by molar-refractivity contribution is 0.102. The van der Waals surface area contributed by atoms with Gasteiger partial charge in [-0.2, -0.15) is 0 Å². The zero-order valence-electron chi connectivity index (χ0n) is 16.9. The Kier molecular flexibility index (Phi) is 5.91. The van der Waals surface area contributed by atoms with Crippen LogP contribution in [0.5, 0.6) is 11.5 Å². The van der Waals surface area contributed by atoms with Crippen molar-refractivity contribution in [1.29, 1.82) is 0 Å². The summed E-state index contributed by atoms with van der Waals surface area (Å²) in [6, 6.07) is 19.6. The quantitative estimate of drug-likeness (QED) is 0.407. The average molecular weight is 435 g/mol. The lowest BCUT2D eigenvalue weighted by atomic mass is 10.1. The number of amides is 1. The molecular formula is C24H19ClN2O4. The van der Waals surface area contributed by atoms with Crippen molar-refractivity contribution in [2.45, 2.75) is 0 Å². The summed E-state index contributed by atoms with van der Waals surface area (Å²) in [7, 11) is 3.15. The number of benzene rings is 3. The lowest BCUT2D eigenvalue weighted by Crippen LogP contribution is -2.13. The minimum absolute atomic E-state index is 0.305. The summed E-state index contributed by atoms with van der Waals surface area (Å²) in [5, 5.41) is 3.26. The molecule has 156 valence electrons. The third-order valence-electron chi connectivity index (χ3n) is 4.69. The molecule has 1 N–H and O–H groups in total. The molecule has 4 aromatic rings. The maximum Gasteiger partial charge on any atom is 0.256 e. The number of aromatic nitrogens is 1. The zero-order valence-corrected chi connectivity index (χ0v) is 17.6. The van der Waals surface area contributed by atoms with E-state index in [-0.39, 0.29) is 5.91 Å². The topological polar surface area (TPSA) is 73.6 Å². The molecule has 0 aliphatic heterocycles. The molecule has 3 aromatic carbocycles. The van der Waals surface area contributed by atoms with Gasteiger partial charge in [-0.25, -0.2) is 4.98 Å². The number of nitrogens with one attached hydrogen (secondary N) is 1. The highest BCUT2D eigenvalue weighted by Gasteiger charge is 2.17. The maximum atomic E-state index is 13.0. The van der Waals surface area contributed by atoms with Gasteiger partial charge in [0.1, 0.15) is 11.5 Å². The molecule has 4 rings (SSSR count). The molecule has 0 unspecified atom stereocenters. The van der Waals surface area contributed by atoms with Crippen molar-refractivity contribution < 1.29 is 18.7 Å². The van der Waals surface area contributed by atoms with Gasteiger partial charge in [0.15, 0.2) is 5.76 Å². The first-order valence-electron chi connectivity index (χ1n) is 9.43. The van der Waals surface area contributed by atoms with Gasteiger partial charge in [0.05, 0.1) is 31.0 Å². The number of hydrogen-bond donors (Lipinski definition) is 1. The van der Waals surface area contributed by atoms with E-state index in [4.69, 9.17) is 25.5 Å². The van der Waals surface area contributed by atoms with Gasteiger partial charge >= 0.3 is 0 Å². The van der Waals surface area contributed by atoms with E-state index in [0.29, 0.717) is 39.2 Å². The molecule has 1 amide bonds. The highest BCUT2D eigenvalue weighted by Crippen LogP contribution is 2.31. The van der Waals surface area contributed by atoms with Crippen molar-refractivity contribution in [3.05, 3.63) is 83.5 Å². The molecular weight excluding hydrogens is 416 g/mol. The van der Waals surface area contributed by atoms with Crippen LogP contribution in [0.2, 0.25) is 5.02 Å². The fourth-order valence-corrected chi connectivity index (χ4v) is 3.36. The molecule has 1 aromatic heterocycles. The van der Waals surface area contributed by atoms with Gasteiger partial charge in [0, 0.05) is 16.8 Å². The SMILES string of the molecule is COc1ccc(-c2cnc(-c3ccccc3C(=O)Nc3ccc(OC)c(Cl)c3)o2)cc1. The summed E-state index contributed by atoms with van der Waals surface area (Å²) in [6.45, 7) is 0. The van der Waals surface area contributed by atoms with E-state index in [1.54, 1.807) is 49.7 Å². The molecule has 0 spiro atoms. The number of anilines is 1. The standard InChI is InChI=1S/C24H19ClN2O4/c1-29-17-10-7-15(8-11-17)22-14-26-24(31-22)19-6-4-3-5-18(19)23(28)27-16-9-12-21(30-2)20(25)13-16/h3-14H,1-2H3,(H,27,28). The van der Waals surface area contributed by atoms with Crippen molar-refractivity contribution in [1.82, 2.24) is 4.98 Å². The fourth-order valence-electron chi connectivity index (χ4n) is 3.10. The van der Waals surface area contributed by atoms with Gasteiger partial charge in [0.25, 0.3) is 5.91 Å². The van der Waals surface area contributed by atoms with Crippen LogP contribution < -0.4 is 14.8 Å². The Hall–Kier alpha value is -3.77. The Morgan fingerprint density at radius 1 is 1.00 bits per heavy atom. The van der Waals surface area contributed by atoms with Crippen LogP contribution in [0.1, 0.15) is 10.4 Å². The third kappa shape index (κ3) is 4.39. The van der Waals surface area contributed by atoms with Crippen LogP contribution in [0.3, 0.4) is 0 Å². The number of ether oxygens (including phenoxy) is 2. The van der Waals surface area contributed by atoms with Crippen molar-refractivity contribution in [2.75, 3.05) is 19.5 Å². The average Bonchev–Trinajstić information content (AvgIpc) is 3.29. The van der Waals surface area contributed by atoms with E-state index in [2.05, 4.69) is 10.3 Å². The van der Waals surface area contributed by atoms with Gasteiger partial charge in [-0.1, -0.05) is 23.7 Å². The second-order valence-corrected chi connectivity index (χ2v) is 7.01. The Labute approximate surface area is 184 Å². The second kappa shape index (κ2) is 8.93. The molecule has 0 saturated carbocycles. The lowest BCUT2D eigenvalue weighted by Gasteiger charge is -2.10. The van der Waals surface area contributed by atoms with Gasteiger partial charge in [0.2, 0.25) is 5.89 Å². The summed E-state index contributed by atoms with van der Waals surface area (Å²) in [5.74, 6) is 1.93. The molecule has 6 nitrogen and oxygen atoms in total. The molecule has 0 radical (unpaired) electrons. The van der Waals surface area contributed by atoms with Crippen molar-refractivity contribution in [2.24, 2.45) is 0 Å². The second-order valence-electron chi connectivity index (χ2n) is 6.61. The summed E-state index contributed by atoms with van der Waals surface area (Å²) in [5.41, 5.74) is 2.42. The van der Waals surface area contributed by atoms with Crippen LogP contribution in [0.25, 0.3) is 22.8 Å². The largest absolute Gasteiger partial charge is 0.497 e. The van der Waals surface area contributed by atoms with Crippen LogP contribution in [0.15, 0.2) is 77.3 Å². The molecule has 0 aliphatic rings. The number of oxazole rings is 1. The first-order chi connectivity index (χ1) is 15.1. The van der Waals surface area contributed by atoms with E-state index >= 15 is 0 Å². The number of nitrogens with zero attached hydrogens (tertiary/aromatic N) is 1. The molecule has 31 heavy (non-hydrogen) atoms. The van der Waals surface area contributed by atoms with Gasteiger partial charge in [-0.15, -0.1) is 0 Å². The number of carbonyl (C=O) groups is 1. The third-order valence-corrected chi connectivity index (χ3v) is 4.99. The highest BCUT2D eigenvalue weighted by atomic mass is 35.5. The van der Waals surface area contributed by atoms with Crippen LogP contribution in [-0.4, -0.2) is 25.1 Å². The summed E-state index contributed by atoms with van der Waals surface area (Å²) in [6.07, 6.45) is 1.63. The normalized spacial score (nSPS) is 10.5. The van der Waals surface area contributed by atoms with Crippen LogP contribution in [-0.2, 0) is 0 Å². The first kappa shape index (κ1) is 20.5. The number of methoxy groups -OCH3 is 2. The predicted molar refractivity (Wildman–Crippen MR) is 120 cm³/mol. The van der Waals surface area contributed by atoms with Crippen molar-refractivity contribution in [3.8, 4) is 34.3 Å². The van der Waals surface area contributed by atoms with Crippen molar-refractivity contribution >= 4 is 23.2 Å². The zero-order chi connectivity index (χ0) is 21.8. The summed E-state index contributed by atoms with van der Waals surface area (Å²) >= 11 is 6.16. The molecule has 0 bridgehead atoms. The van der Waals surface area contributed by atoms with Crippen LogP contribution in [0, 0.1) is 0 Å². The van der Waals surface area contributed by atoms with E-state index in [1.807, 2.05) is 30.3 Å². The van der Waals surface area contributed by atoms with E-state index < -0.39 is 0 Å². The summed E-state index contributed by atoms with van der Waals surface area (Å²) in [4.78, 5) is 17.3. The molecule has 1 heterocycles. The molecule has 7 heteroatoms. The van der Waals surface area contributed by atoms with Crippen molar-refractivity contribution in [3.63, 3.8) is 0 Å². The summed E-state index contributed by atoms with van der Waals surface area (Å²) < 4.78 is 16.3. The molecule has 0 atom stereocenters. The van der Waals surface area contributed by atoms with Crippen LogP contribution >= 0.6 is 11.6 Å². The Morgan fingerprint density at radius 2 is 1.77 bits per heavy atom. The van der Waals surface area contributed by atoms with Gasteiger partial charge in [-0.3, -0.25) is 4.79 Å². The minimum Gasteiger partial charge on any atom is -0.497 e. The minimum atomic E-state index is -0.305. The van der Waals surface area contributed by atoms with Crippen LogP contribution in [0.4, 0.5) is 5.69 Å². The van der Waals surface area contributed by atoms with Gasteiger partial charge in [-0.05, 0) is 54.6 Å². The Morgan fingerprint density at radius 3 is 2.48 bits per heavy atom. The van der Waals surface area contributed by atoms with Gasteiger partial charge < -0.3 is 19.2 Å². The molecule has 0 aliphatic carbocycles. The highest BCUT2D eigenvalue weighted by molar-refractivity contribution is 6.32. The number of hydrogen-bond acceptors (Lipinski definition) is 5. The predicted octanol–water partition coefficient (Wildman–Crippen LogP) is 5.93. The van der Waals surface area contributed by atoms with E-state index in [1.165, 1.54) is 7.11 Å². The maximum absolute atomic E-state index is 13.0. The first-order valence-corrected chi connectivity index (χ1v) is 9.81. The number of rotatable bonds is 6. The Balaban J connectivity index is 1.60. The molecule has 0 saturated heterocycles.